The zero-order valence-electron chi connectivity index (χ0n) is 17.7. The summed E-state index contributed by atoms with van der Waals surface area (Å²) in [4.78, 5) is 25.7. The molecule has 4 bridgehead atoms. The van der Waals surface area contributed by atoms with Crippen molar-refractivity contribution < 1.29 is 18.8 Å². The zero-order chi connectivity index (χ0) is 21.6. The summed E-state index contributed by atoms with van der Waals surface area (Å²) >= 11 is 5.98. The van der Waals surface area contributed by atoms with Gasteiger partial charge in [0, 0.05) is 17.0 Å². The van der Waals surface area contributed by atoms with Gasteiger partial charge in [-0.25, -0.2) is 4.79 Å². The fourth-order valence-electron chi connectivity index (χ4n) is 6.59. The second-order valence-corrected chi connectivity index (χ2v) is 10.0. The van der Waals surface area contributed by atoms with E-state index in [1.807, 2.05) is 0 Å². The Labute approximate surface area is 186 Å². The molecule has 0 atom stereocenters. The quantitative estimate of drug-likeness (QED) is 0.579. The molecule has 164 valence electrons. The number of carbonyl (C=O) groups is 2. The highest BCUT2D eigenvalue weighted by Crippen LogP contribution is 2.61. The van der Waals surface area contributed by atoms with Gasteiger partial charge >= 0.3 is 5.97 Å². The Morgan fingerprint density at radius 2 is 1.74 bits per heavy atom. The fraction of sp³-hybridized carbons (Fsp3) is 0.542. The summed E-state index contributed by atoms with van der Waals surface area (Å²) in [6.07, 6.45) is 7.90. The van der Waals surface area contributed by atoms with Crippen LogP contribution in [0, 0.1) is 23.2 Å². The van der Waals surface area contributed by atoms with Gasteiger partial charge < -0.3 is 9.26 Å². The van der Waals surface area contributed by atoms with E-state index in [9.17, 15) is 9.59 Å². The molecule has 4 aliphatic carbocycles. The van der Waals surface area contributed by atoms with Crippen molar-refractivity contribution in [2.24, 2.45) is 23.2 Å². The average molecular weight is 443 g/mol. The Kier molecular flexibility index (Phi) is 5.29. The zero-order valence-corrected chi connectivity index (χ0v) is 18.4. The molecule has 1 heterocycles. The number of benzene rings is 1. The maximum atomic E-state index is 13.1. The normalized spacial score (nSPS) is 28.5. The Morgan fingerprint density at radius 3 is 2.32 bits per heavy atom. The minimum atomic E-state index is -0.571. The highest BCUT2D eigenvalue weighted by Gasteiger charge is 2.51. The Balaban J connectivity index is 1.38. The first-order chi connectivity index (χ1) is 14.9. The van der Waals surface area contributed by atoms with E-state index >= 15 is 0 Å². The first-order valence-corrected chi connectivity index (χ1v) is 11.5. The number of nitrogens with one attached hydrogen (secondary N) is 1. The SMILES string of the molecule is CCOC(=O)c1c(-c2ccc(Cl)cc2)noc1NC(=O)CC12CC3CC(CC(C3)C1)C2. The lowest BCUT2D eigenvalue weighted by atomic mass is 9.49. The minimum Gasteiger partial charge on any atom is -0.462 e. The predicted octanol–water partition coefficient (Wildman–Crippen LogP) is 5.72. The van der Waals surface area contributed by atoms with Crippen molar-refractivity contribution in [3.05, 3.63) is 34.9 Å². The Bertz CT molecular complexity index is 962. The first kappa shape index (κ1) is 20.6. The number of amides is 1. The van der Waals surface area contributed by atoms with Crippen LogP contribution >= 0.6 is 11.6 Å². The predicted molar refractivity (Wildman–Crippen MR) is 117 cm³/mol. The molecule has 31 heavy (non-hydrogen) atoms. The van der Waals surface area contributed by atoms with Crippen molar-refractivity contribution in [2.45, 2.75) is 51.9 Å². The third-order valence-corrected chi connectivity index (χ3v) is 7.49. The molecule has 1 N–H and O–H groups in total. The van der Waals surface area contributed by atoms with E-state index in [4.69, 9.17) is 20.9 Å². The number of halogens is 1. The number of nitrogens with zero attached hydrogens (tertiary/aromatic N) is 1. The maximum absolute atomic E-state index is 13.1. The molecule has 0 radical (unpaired) electrons. The number of ether oxygens (including phenoxy) is 1. The molecule has 4 saturated carbocycles. The van der Waals surface area contributed by atoms with Gasteiger partial charge in [0.25, 0.3) is 0 Å². The van der Waals surface area contributed by atoms with Crippen LogP contribution < -0.4 is 5.32 Å². The summed E-state index contributed by atoms with van der Waals surface area (Å²) in [6.45, 7) is 1.95. The molecular formula is C24H27ClN2O4. The standard InChI is InChI=1S/C24H27ClN2O4/c1-2-30-23(29)20-21(17-3-5-18(25)6-4-17)27-31-22(20)26-19(28)13-24-10-14-7-15(11-24)9-16(8-14)12-24/h3-6,14-16H,2,7-13H2,1H3,(H,26,28). The van der Waals surface area contributed by atoms with Crippen LogP contribution in [-0.4, -0.2) is 23.6 Å². The third kappa shape index (κ3) is 3.98. The molecule has 2 aromatic rings. The van der Waals surface area contributed by atoms with Crippen molar-refractivity contribution in [3.8, 4) is 11.3 Å². The molecule has 0 saturated heterocycles. The Morgan fingerprint density at radius 1 is 1.13 bits per heavy atom. The van der Waals surface area contributed by atoms with E-state index in [1.54, 1.807) is 31.2 Å². The van der Waals surface area contributed by atoms with Crippen LogP contribution in [0.4, 0.5) is 5.88 Å². The van der Waals surface area contributed by atoms with Crippen molar-refractivity contribution in [1.29, 1.82) is 0 Å². The molecule has 0 unspecified atom stereocenters. The van der Waals surface area contributed by atoms with E-state index < -0.39 is 5.97 Å². The maximum Gasteiger partial charge on any atom is 0.346 e. The van der Waals surface area contributed by atoms with Gasteiger partial charge in [-0.2, -0.15) is 0 Å². The molecule has 1 aromatic carbocycles. The van der Waals surface area contributed by atoms with E-state index in [0.29, 0.717) is 22.7 Å². The summed E-state index contributed by atoms with van der Waals surface area (Å²) < 4.78 is 10.6. The highest BCUT2D eigenvalue weighted by molar-refractivity contribution is 6.30. The second kappa shape index (κ2) is 7.97. The number of carbonyl (C=O) groups excluding carboxylic acids is 2. The number of esters is 1. The van der Waals surface area contributed by atoms with E-state index in [0.717, 1.165) is 37.0 Å². The van der Waals surface area contributed by atoms with E-state index in [1.165, 1.54) is 19.3 Å². The van der Waals surface area contributed by atoms with Gasteiger partial charge in [0.05, 0.1) is 6.61 Å². The lowest BCUT2D eigenvalue weighted by Crippen LogP contribution is -2.47. The van der Waals surface area contributed by atoms with Crippen LogP contribution in [0.25, 0.3) is 11.3 Å². The van der Waals surface area contributed by atoms with Crippen molar-refractivity contribution in [1.82, 2.24) is 5.16 Å². The second-order valence-electron chi connectivity index (χ2n) is 9.61. The topological polar surface area (TPSA) is 81.4 Å². The summed E-state index contributed by atoms with van der Waals surface area (Å²) in [5.74, 6) is 1.69. The lowest BCUT2D eigenvalue weighted by molar-refractivity contribution is -0.124. The largest absolute Gasteiger partial charge is 0.462 e. The molecule has 1 aromatic heterocycles. The van der Waals surface area contributed by atoms with Gasteiger partial charge in [0.1, 0.15) is 5.69 Å². The van der Waals surface area contributed by atoms with Gasteiger partial charge in [-0.1, -0.05) is 28.9 Å². The number of rotatable bonds is 6. The molecular weight excluding hydrogens is 416 g/mol. The van der Waals surface area contributed by atoms with Gasteiger partial charge in [-0.3, -0.25) is 10.1 Å². The average Bonchev–Trinajstić information content (AvgIpc) is 3.10. The Hall–Kier alpha value is -2.34. The molecule has 7 heteroatoms. The van der Waals surface area contributed by atoms with Crippen LogP contribution in [0.15, 0.2) is 28.8 Å². The highest BCUT2D eigenvalue weighted by atomic mass is 35.5. The van der Waals surface area contributed by atoms with Crippen molar-refractivity contribution in [2.75, 3.05) is 11.9 Å². The molecule has 6 nitrogen and oxygen atoms in total. The summed E-state index contributed by atoms with van der Waals surface area (Å²) in [5, 5.41) is 7.47. The van der Waals surface area contributed by atoms with E-state index in [-0.39, 0.29) is 29.4 Å². The molecule has 4 aliphatic rings. The summed E-state index contributed by atoms with van der Waals surface area (Å²) in [7, 11) is 0. The fourth-order valence-corrected chi connectivity index (χ4v) is 6.72. The van der Waals surface area contributed by atoms with Crippen molar-refractivity contribution in [3.63, 3.8) is 0 Å². The van der Waals surface area contributed by atoms with Crippen LogP contribution in [-0.2, 0) is 9.53 Å². The van der Waals surface area contributed by atoms with Crippen LogP contribution in [0.3, 0.4) is 0 Å². The van der Waals surface area contributed by atoms with Gasteiger partial charge in [-0.05, 0) is 80.8 Å². The number of hydrogen-bond acceptors (Lipinski definition) is 5. The smallest absolute Gasteiger partial charge is 0.346 e. The van der Waals surface area contributed by atoms with Gasteiger partial charge in [-0.15, -0.1) is 0 Å². The molecule has 6 rings (SSSR count). The van der Waals surface area contributed by atoms with Crippen molar-refractivity contribution >= 4 is 29.4 Å². The van der Waals surface area contributed by atoms with Gasteiger partial charge in [0.15, 0.2) is 5.56 Å². The number of hydrogen-bond donors (Lipinski definition) is 1. The molecule has 0 aliphatic heterocycles. The van der Waals surface area contributed by atoms with Gasteiger partial charge in [0.2, 0.25) is 11.8 Å². The summed E-state index contributed by atoms with van der Waals surface area (Å²) in [5.41, 5.74) is 1.24. The number of anilines is 1. The molecule has 4 fully saturated rings. The third-order valence-electron chi connectivity index (χ3n) is 7.24. The van der Waals surface area contributed by atoms with E-state index in [2.05, 4.69) is 10.5 Å². The summed E-state index contributed by atoms with van der Waals surface area (Å²) in [6, 6.07) is 6.94. The number of aromatic nitrogens is 1. The molecule has 0 spiro atoms. The molecule has 1 amide bonds. The van der Waals surface area contributed by atoms with Crippen LogP contribution in [0.2, 0.25) is 5.02 Å². The van der Waals surface area contributed by atoms with Crippen LogP contribution in [0.1, 0.15) is 62.2 Å². The lowest BCUT2D eigenvalue weighted by Gasteiger charge is -2.56. The first-order valence-electron chi connectivity index (χ1n) is 11.2. The minimum absolute atomic E-state index is 0.0538. The van der Waals surface area contributed by atoms with Crippen LogP contribution in [0.5, 0.6) is 0 Å². The monoisotopic (exact) mass is 442 g/mol.